The summed E-state index contributed by atoms with van der Waals surface area (Å²) in [6, 6.07) is 7.23. The largest absolute Gasteiger partial charge is 0.277 e. The van der Waals surface area contributed by atoms with Crippen molar-refractivity contribution < 1.29 is 4.79 Å². The first-order valence-corrected chi connectivity index (χ1v) is 8.73. The van der Waals surface area contributed by atoms with Crippen LogP contribution in [0.4, 0.5) is 5.95 Å². The number of hydrogen-bond acceptors (Lipinski definition) is 4. The van der Waals surface area contributed by atoms with E-state index in [4.69, 9.17) is 0 Å². The molecule has 2 aromatic rings. The Morgan fingerprint density at radius 2 is 2.00 bits per heavy atom. The molecule has 6 heteroatoms. The van der Waals surface area contributed by atoms with Crippen molar-refractivity contribution in [3.63, 3.8) is 0 Å². The first-order valence-electron chi connectivity index (χ1n) is 8.73. The number of hydrazine groups is 1. The van der Waals surface area contributed by atoms with Gasteiger partial charge in [0, 0.05) is 13.0 Å². The lowest BCUT2D eigenvalue weighted by atomic mass is 9.87. The molecule has 128 valence electrons. The second kappa shape index (κ2) is 7.47. The summed E-state index contributed by atoms with van der Waals surface area (Å²) in [4.78, 5) is 29.1. The highest BCUT2D eigenvalue weighted by molar-refractivity contribution is 5.80. The van der Waals surface area contributed by atoms with E-state index in [0.29, 0.717) is 35.7 Å². The van der Waals surface area contributed by atoms with Crippen molar-refractivity contribution in [2.24, 2.45) is 5.92 Å². The van der Waals surface area contributed by atoms with Gasteiger partial charge in [0.25, 0.3) is 5.56 Å². The van der Waals surface area contributed by atoms with Crippen molar-refractivity contribution in [2.45, 2.75) is 52.0 Å². The maximum atomic E-state index is 12.5. The number of carbonyl (C=O) groups excluding carboxylic acids is 1. The average Bonchev–Trinajstić information content (AvgIpc) is 2.61. The predicted octanol–water partition coefficient (Wildman–Crippen LogP) is 2.83. The molecule has 3 rings (SSSR count). The molecule has 0 atom stereocenters. The third kappa shape index (κ3) is 3.58. The van der Waals surface area contributed by atoms with Gasteiger partial charge in [0.2, 0.25) is 11.9 Å². The lowest BCUT2D eigenvalue weighted by Gasteiger charge is -2.21. The van der Waals surface area contributed by atoms with Crippen molar-refractivity contribution >= 4 is 22.8 Å². The molecule has 0 bridgehead atoms. The summed E-state index contributed by atoms with van der Waals surface area (Å²) in [5.41, 5.74) is 6.06. The van der Waals surface area contributed by atoms with E-state index in [-0.39, 0.29) is 11.5 Å². The Labute approximate surface area is 141 Å². The number of anilines is 1. The number of amides is 1. The molecule has 0 radical (unpaired) electrons. The van der Waals surface area contributed by atoms with Gasteiger partial charge >= 0.3 is 0 Å². The quantitative estimate of drug-likeness (QED) is 0.828. The van der Waals surface area contributed by atoms with E-state index < -0.39 is 0 Å². The van der Waals surface area contributed by atoms with E-state index in [1.165, 1.54) is 23.8 Å². The number of fused-ring (bicyclic) bond motifs is 1. The van der Waals surface area contributed by atoms with Crippen LogP contribution in [0, 0.1) is 5.92 Å². The number of hydrogen-bond donors (Lipinski definition) is 2. The molecule has 2 N–H and O–H groups in total. The number of carbonyl (C=O) groups is 1. The second-order valence-electron chi connectivity index (χ2n) is 6.38. The molecule has 0 unspecified atom stereocenters. The van der Waals surface area contributed by atoms with Crippen LogP contribution < -0.4 is 16.4 Å². The predicted molar refractivity (Wildman–Crippen MR) is 94.6 cm³/mol. The lowest BCUT2D eigenvalue weighted by Crippen LogP contribution is -2.35. The first-order chi connectivity index (χ1) is 11.7. The minimum absolute atomic E-state index is 0.0491. The molecule has 1 aliphatic carbocycles. The van der Waals surface area contributed by atoms with Crippen LogP contribution in [0.1, 0.15) is 45.4 Å². The Morgan fingerprint density at radius 1 is 1.25 bits per heavy atom. The monoisotopic (exact) mass is 328 g/mol. The van der Waals surface area contributed by atoms with E-state index in [1.807, 2.05) is 19.1 Å². The smallest absolute Gasteiger partial charge is 0.262 e. The molecule has 6 nitrogen and oxygen atoms in total. The first kappa shape index (κ1) is 16.5. The second-order valence-corrected chi connectivity index (χ2v) is 6.38. The Morgan fingerprint density at radius 3 is 2.75 bits per heavy atom. The fourth-order valence-corrected chi connectivity index (χ4v) is 3.39. The molecular formula is C18H24N4O2. The molecule has 0 aliphatic heterocycles. The van der Waals surface area contributed by atoms with Crippen molar-refractivity contribution in [3.05, 3.63) is 34.6 Å². The van der Waals surface area contributed by atoms with Gasteiger partial charge < -0.3 is 0 Å². The van der Waals surface area contributed by atoms with Gasteiger partial charge in [0.1, 0.15) is 0 Å². The zero-order valence-corrected chi connectivity index (χ0v) is 14.0. The molecule has 24 heavy (non-hydrogen) atoms. The molecule has 1 aromatic carbocycles. The molecule has 0 spiro atoms. The number of nitrogens with zero attached hydrogens (tertiary/aromatic N) is 2. The zero-order valence-electron chi connectivity index (χ0n) is 14.0. The van der Waals surface area contributed by atoms with E-state index in [2.05, 4.69) is 15.8 Å². The van der Waals surface area contributed by atoms with Crippen LogP contribution in [-0.4, -0.2) is 15.5 Å². The fraction of sp³-hybridized carbons (Fsp3) is 0.500. The molecule has 1 heterocycles. The van der Waals surface area contributed by atoms with Crippen LogP contribution in [0.3, 0.4) is 0 Å². The van der Waals surface area contributed by atoms with Crippen molar-refractivity contribution in [1.29, 1.82) is 0 Å². The minimum atomic E-state index is -0.105. The van der Waals surface area contributed by atoms with Crippen LogP contribution >= 0.6 is 0 Å². The zero-order chi connectivity index (χ0) is 16.9. The molecule has 1 aromatic heterocycles. The van der Waals surface area contributed by atoms with Gasteiger partial charge in [-0.15, -0.1) is 0 Å². The highest BCUT2D eigenvalue weighted by Crippen LogP contribution is 2.26. The molecule has 1 saturated carbocycles. The third-order valence-electron chi connectivity index (χ3n) is 4.69. The Hall–Kier alpha value is -2.37. The summed E-state index contributed by atoms with van der Waals surface area (Å²) >= 11 is 0. The Kier molecular flexibility index (Phi) is 5.13. The van der Waals surface area contributed by atoms with E-state index in [9.17, 15) is 9.59 Å². The highest BCUT2D eigenvalue weighted by Gasteiger charge is 2.17. The summed E-state index contributed by atoms with van der Waals surface area (Å²) in [6.45, 7) is 2.37. The average molecular weight is 328 g/mol. The summed E-state index contributed by atoms with van der Waals surface area (Å²) in [6.07, 6.45) is 6.49. The number of aromatic nitrogens is 2. The number of para-hydroxylation sites is 1. The minimum Gasteiger partial charge on any atom is -0.277 e. The van der Waals surface area contributed by atoms with Crippen LogP contribution in [0.15, 0.2) is 29.1 Å². The van der Waals surface area contributed by atoms with Gasteiger partial charge in [0.05, 0.1) is 10.9 Å². The van der Waals surface area contributed by atoms with Crippen LogP contribution in [0.5, 0.6) is 0 Å². The molecule has 1 amide bonds. The van der Waals surface area contributed by atoms with Gasteiger partial charge in [-0.2, -0.15) is 0 Å². The summed E-state index contributed by atoms with van der Waals surface area (Å²) in [7, 11) is 0. The van der Waals surface area contributed by atoms with Crippen molar-refractivity contribution in [1.82, 2.24) is 15.0 Å². The Balaban J connectivity index is 1.72. The lowest BCUT2D eigenvalue weighted by molar-refractivity contribution is -0.121. The van der Waals surface area contributed by atoms with Crippen LogP contribution in [0.25, 0.3) is 10.9 Å². The number of benzene rings is 1. The van der Waals surface area contributed by atoms with Gasteiger partial charge in [-0.25, -0.2) is 4.98 Å². The van der Waals surface area contributed by atoms with Crippen molar-refractivity contribution in [2.75, 3.05) is 5.43 Å². The highest BCUT2D eigenvalue weighted by atomic mass is 16.2. The van der Waals surface area contributed by atoms with Gasteiger partial charge in [-0.3, -0.25) is 25.0 Å². The third-order valence-corrected chi connectivity index (χ3v) is 4.69. The number of nitrogens with one attached hydrogen (secondary N) is 2. The van der Waals surface area contributed by atoms with Gasteiger partial charge in [-0.05, 0) is 37.8 Å². The molecule has 0 saturated heterocycles. The van der Waals surface area contributed by atoms with Crippen molar-refractivity contribution in [3.8, 4) is 0 Å². The normalized spacial score (nSPS) is 15.4. The van der Waals surface area contributed by atoms with Gasteiger partial charge in [-0.1, -0.05) is 31.4 Å². The summed E-state index contributed by atoms with van der Waals surface area (Å²) < 4.78 is 1.53. The maximum Gasteiger partial charge on any atom is 0.262 e. The van der Waals surface area contributed by atoms with Gasteiger partial charge in [0.15, 0.2) is 0 Å². The standard InChI is InChI=1S/C18H24N4O2/c1-2-22-17(24)14-10-6-7-11-15(14)19-18(22)21-20-16(23)12-13-8-4-3-5-9-13/h6-7,10-11,13H,2-5,8-9,12H2,1H3,(H,19,21)(H,20,23). The molecule has 1 aliphatic rings. The summed E-state index contributed by atoms with van der Waals surface area (Å²) in [5.74, 6) is 0.795. The SMILES string of the molecule is CCn1c(NNC(=O)CC2CCCCC2)nc2ccccc2c1=O. The number of rotatable bonds is 5. The molecular weight excluding hydrogens is 304 g/mol. The van der Waals surface area contributed by atoms with Crippen LogP contribution in [-0.2, 0) is 11.3 Å². The summed E-state index contributed by atoms with van der Waals surface area (Å²) in [5, 5.41) is 0.582. The molecule has 1 fully saturated rings. The van der Waals surface area contributed by atoms with Crippen LogP contribution in [0.2, 0.25) is 0 Å². The van der Waals surface area contributed by atoms with E-state index in [1.54, 1.807) is 12.1 Å². The van der Waals surface area contributed by atoms with E-state index in [0.717, 1.165) is 12.8 Å². The topological polar surface area (TPSA) is 76.0 Å². The Bertz CT molecular complexity index is 778. The van der Waals surface area contributed by atoms with E-state index >= 15 is 0 Å². The maximum absolute atomic E-state index is 12.5. The fourth-order valence-electron chi connectivity index (χ4n) is 3.39.